The van der Waals surface area contributed by atoms with Gasteiger partial charge in [-0.2, -0.15) is 0 Å². The molecule has 4 nitrogen and oxygen atoms in total. The predicted molar refractivity (Wildman–Crippen MR) is 76.3 cm³/mol. The van der Waals surface area contributed by atoms with Crippen LogP contribution >= 0.6 is 0 Å². The van der Waals surface area contributed by atoms with Crippen molar-refractivity contribution in [1.29, 1.82) is 0 Å². The van der Waals surface area contributed by atoms with Gasteiger partial charge in [0.15, 0.2) is 0 Å². The van der Waals surface area contributed by atoms with Gasteiger partial charge in [0.25, 0.3) is 0 Å². The highest BCUT2D eigenvalue weighted by Crippen LogP contribution is 2.22. The summed E-state index contributed by atoms with van der Waals surface area (Å²) in [6, 6.07) is 8.21. The maximum absolute atomic E-state index is 4.06. The van der Waals surface area contributed by atoms with E-state index in [1.165, 1.54) is 19.3 Å². The second-order valence-corrected chi connectivity index (χ2v) is 4.90. The highest BCUT2D eigenvalue weighted by atomic mass is 15.4. The maximum Gasteiger partial charge on any atom is 0.0894 e. The molecule has 1 atom stereocenters. The molecule has 1 aliphatic rings. The Hall–Kier alpha value is -2.10. The van der Waals surface area contributed by atoms with E-state index in [9.17, 15) is 0 Å². The molecule has 0 spiro atoms. The Kier molecular flexibility index (Phi) is 3.58. The molecule has 4 heteroatoms. The Labute approximate surface area is 113 Å². The summed E-state index contributed by atoms with van der Waals surface area (Å²) >= 11 is 0. The highest BCUT2D eigenvalue weighted by Gasteiger charge is 2.11. The molecule has 1 aromatic heterocycles. The molecule has 98 valence electrons. The molecule has 2 aromatic rings. The van der Waals surface area contributed by atoms with Gasteiger partial charge in [0.2, 0.25) is 0 Å². The fourth-order valence-corrected chi connectivity index (χ4v) is 2.46. The van der Waals surface area contributed by atoms with Gasteiger partial charge in [-0.15, -0.1) is 5.10 Å². The summed E-state index contributed by atoms with van der Waals surface area (Å²) in [5.74, 6) is 0.730. The largest absolute Gasteiger partial charge is 0.383 e. The van der Waals surface area contributed by atoms with Crippen LogP contribution in [0.3, 0.4) is 0 Å². The number of allylic oxidation sites excluding steroid dienone is 2. The summed E-state index contributed by atoms with van der Waals surface area (Å²) < 4.78 is 1.79. The van der Waals surface area contributed by atoms with Gasteiger partial charge in [0, 0.05) is 6.54 Å². The van der Waals surface area contributed by atoms with Crippen LogP contribution in [0, 0.1) is 5.92 Å². The molecule has 19 heavy (non-hydrogen) atoms. The Morgan fingerprint density at radius 3 is 3.00 bits per heavy atom. The second kappa shape index (κ2) is 5.69. The fraction of sp³-hybridized carbons (Fsp3) is 0.333. The van der Waals surface area contributed by atoms with Crippen molar-refractivity contribution in [1.82, 2.24) is 15.0 Å². The zero-order valence-electron chi connectivity index (χ0n) is 10.9. The Bertz CT molecular complexity index is 545. The zero-order chi connectivity index (χ0) is 12.9. The first kappa shape index (κ1) is 12.0. The van der Waals surface area contributed by atoms with Crippen molar-refractivity contribution in [2.45, 2.75) is 19.3 Å². The minimum absolute atomic E-state index is 0.730. The normalized spacial score (nSPS) is 18.4. The monoisotopic (exact) mass is 254 g/mol. The number of nitrogens with zero attached hydrogens (tertiary/aromatic N) is 3. The Balaban J connectivity index is 1.72. The van der Waals surface area contributed by atoms with Crippen molar-refractivity contribution in [2.75, 3.05) is 11.9 Å². The van der Waals surface area contributed by atoms with E-state index >= 15 is 0 Å². The summed E-state index contributed by atoms with van der Waals surface area (Å²) in [5, 5.41) is 11.5. The number of nitrogens with one attached hydrogen (secondary N) is 1. The molecular weight excluding hydrogens is 236 g/mol. The number of hydrogen-bond donors (Lipinski definition) is 1. The van der Waals surface area contributed by atoms with Gasteiger partial charge in [0.1, 0.15) is 0 Å². The van der Waals surface area contributed by atoms with E-state index in [1.54, 1.807) is 10.9 Å². The number of hydrogen-bond acceptors (Lipinski definition) is 3. The lowest BCUT2D eigenvalue weighted by atomic mass is 9.94. The topological polar surface area (TPSA) is 42.7 Å². The number of para-hydroxylation sites is 2. The lowest BCUT2D eigenvalue weighted by Crippen LogP contribution is -2.16. The number of aromatic nitrogens is 3. The molecule has 0 saturated carbocycles. The van der Waals surface area contributed by atoms with E-state index in [2.05, 4.69) is 39.9 Å². The van der Waals surface area contributed by atoms with Gasteiger partial charge < -0.3 is 5.32 Å². The quantitative estimate of drug-likeness (QED) is 0.853. The van der Waals surface area contributed by atoms with E-state index in [1.807, 2.05) is 18.3 Å². The Morgan fingerprint density at radius 1 is 1.26 bits per heavy atom. The fourth-order valence-electron chi connectivity index (χ4n) is 2.46. The summed E-state index contributed by atoms with van der Waals surface area (Å²) in [7, 11) is 0. The lowest BCUT2D eigenvalue weighted by molar-refractivity contribution is 0.504. The molecular formula is C15H18N4. The van der Waals surface area contributed by atoms with E-state index in [-0.39, 0.29) is 0 Å². The average Bonchev–Trinajstić information content (AvgIpc) is 3.01. The van der Waals surface area contributed by atoms with Gasteiger partial charge >= 0.3 is 0 Å². The second-order valence-electron chi connectivity index (χ2n) is 4.90. The van der Waals surface area contributed by atoms with Crippen molar-refractivity contribution in [2.24, 2.45) is 5.92 Å². The first-order valence-corrected chi connectivity index (χ1v) is 6.78. The maximum atomic E-state index is 4.06. The Morgan fingerprint density at radius 2 is 2.21 bits per heavy atom. The van der Waals surface area contributed by atoms with Crippen LogP contribution in [0.15, 0.2) is 48.8 Å². The lowest BCUT2D eigenvalue weighted by Gasteiger charge is -2.20. The van der Waals surface area contributed by atoms with Crippen molar-refractivity contribution in [3.63, 3.8) is 0 Å². The molecule has 0 bridgehead atoms. The first-order valence-electron chi connectivity index (χ1n) is 6.78. The third kappa shape index (κ3) is 2.84. The van der Waals surface area contributed by atoms with Gasteiger partial charge in [-0.1, -0.05) is 29.5 Å². The van der Waals surface area contributed by atoms with E-state index in [0.29, 0.717) is 0 Å². The van der Waals surface area contributed by atoms with Crippen LogP contribution in [0.25, 0.3) is 5.69 Å². The van der Waals surface area contributed by atoms with Crippen LogP contribution in [-0.4, -0.2) is 21.5 Å². The van der Waals surface area contributed by atoms with Crippen LogP contribution in [0.5, 0.6) is 0 Å². The molecule has 3 rings (SSSR count). The van der Waals surface area contributed by atoms with Crippen LogP contribution in [0.1, 0.15) is 19.3 Å². The third-order valence-electron chi connectivity index (χ3n) is 3.53. The van der Waals surface area contributed by atoms with Gasteiger partial charge in [0.05, 0.1) is 23.8 Å². The average molecular weight is 254 g/mol. The molecule has 0 saturated heterocycles. The minimum Gasteiger partial charge on any atom is -0.383 e. The SMILES string of the molecule is C1=CCC(CNc2ccccc2-n2ccnn2)CC1. The summed E-state index contributed by atoms with van der Waals surface area (Å²) in [4.78, 5) is 0. The standard InChI is InChI=1S/C15H18N4/c1-2-6-13(7-3-1)12-16-14-8-4-5-9-15(14)19-11-10-17-18-19/h1-2,4-5,8-11,13,16H,3,6-7,12H2. The number of anilines is 1. The van der Waals surface area contributed by atoms with Gasteiger partial charge in [-0.3, -0.25) is 0 Å². The van der Waals surface area contributed by atoms with Gasteiger partial charge in [-0.25, -0.2) is 4.68 Å². The smallest absolute Gasteiger partial charge is 0.0894 e. The molecule has 0 aliphatic heterocycles. The van der Waals surface area contributed by atoms with Crippen LogP contribution in [-0.2, 0) is 0 Å². The molecule has 1 aromatic carbocycles. The van der Waals surface area contributed by atoms with Crippen molar-refractivity contribution in [3.05, 3.63) is 48.8 Å². The molecule has 1 heterocycles. The molecule has 0 fully saturated rings. The van der Waals surface area contributed by atoms with Crippen LogP contribution in [0.2, 0.25) is 0 Å². The van der Waals surface area contributed by atoms with Crippen molar-refractivity contribution in [3.8, 4) is 5.69 Å². The minimum atomic E-state index is 0.730. The van der Waals surface area contributed by atoms with Crippen LogP contribution < -0.4 is 5.32 Å². The summed E-state index contributed by atoms with van der Waals surface area (Å²) in [5.41, 5.74) is 2.16. The van der Waals surface area contributed by atoms with E-state index < -0.39 is 0 Å². The molecule has 0 amide bonds. The van der Waals surface area contributed by atoms with Crippen molar-refractivity contribution < 1.29 is 0 Å². The summed E-state index contributed by atoms with van der Waals surface area (Å²) in [6.45, 7) is 1.01. The number of benzene rings is 1. The van der Waals surface area contributed by atoms with Crippen LogP contribution in [0.4, 0.5) is 5.69 Å². The molecule has 1 unspecified atom stereocenters. The number of rotatable bonds is 4. The predicted octanol–water partition coefficient (Wildman–Crippen LogP) is 3.04. The van der Waals surface area contributed by atoms with Gasteiger partial charge in [-0.05, 0) is 37.3 Å². The molecule has 1 N–H and O–H groups in total. The first-order chi connectivity index (χ1) is 9.43. The van der Waals surface area contributed by atoms with E-state index in [4.69, 9.17) is 0 Å². The zero-order valence-corrected chi connectivity index (χ0v) is 10.9. The highest BCUT2D eigenvalue weighted by molar-refractivity contribution is 5.60. The molecule has 1 aliphatic carbocycles. The third-order valence-corrected chi connectivity index (χ3v) is 3.53. The molecule has 0 radical (unpaired) electrons. The van der Waals surface area contributed by atoms with E-state index in [0.717, 1.165) is 23.8 Å². The summed E-state index contributed by atoms with van der Waals surface area (Å²) in [6.07, 6.45) is 11.8. The van der Waals surface area contributed by atoms with Crippen molar-refractivity contribution >= 4 is 5.69 Å².